The smallest absolute Gasteiger partial charge is 0.118 e. The maximum absolute atomic E-state index is 5.45. The zero-order valence-corrected chi connectivity index (χ0v) is 25.5. The SMILES string of the molecule is COc1ccc([SH](c2ccccc2)c2cccc(-c3cccc([SH](c4ccccc4)c4ccc(OC)cc4)c3)c2)cc1. The summed E-state index contributed by atoms with van der Waals surface area (Å²) in [6.45, 7) is 0. The van der Waals surface area contributed by atoms with E-state index in [-0.39, 0.29) is 0 Å². The van der Waals surface area contributed by atoms with Gasteiger partial charge in [-0.25, -0.2) is 0 Å². The summed E-state index contributed by atoms with van der Waals surface area (Å²) in [5, 5.41) is 0. The molecule has 4 heteroatoms. The first-order valence-corrected chi connectivity index (χ1v) is 16.6. The number of hydrogen-bond acceptors (Lipinski definition) is 2. The van der Waals surface area contributed by atoms with E-state index < -0.39 is 21.8 Å². The zero-order valence-electron chi connectivity index (χ0n) is 23.7. The maximum atomic E-state index is 5.45. The van der Waals surface area contributed by atoms with Crippen molar-refractivity contribution >= 4 is 21.8 Å². The summed E-state index contributed by atoms with van der Waals surface area (Å²) in [7, 11) is 1.97. The maximum Gasteiger partial charge on any atom is 0.118 e. The molecule has 0 radical (unpaired) electrons. The normalized spacial score (nSPS) is 13.2. The Hall–Kier alpha value is -4.38. The van der Waals surface area contributed by atoms with Gasteiger partial charge in [0.15, 0.2) is 0 Å². The molecule has 6 aromatic rings. The minimum absolute atomic E-state index is 0.731. The lowest BCUT2D eigenvalue weighted by atomic mass is 10.1. The van der Waals surface area contributed by atoms with Gasteiger partial charge in [-0.15, -0.1) is 0 Å². The van der Waals surface area contributed by atoms with E-state index in [1.54, 1.807) is 14.2 Å². The van der Waals surface area contributed by atoms with Crippen LogP contribution in [0, 0.1) is 0 Å². The molecule has 0 aromatic heterocycles. The minimum Gasteiger partial charge on any atom is -0.497 e. The highest BCUT2D eigenvalue weighted by atomic mass is 32.2. The Kier molecular flexibility index (Phi) is 8.64. The molecule has 0 N–H and O–H groups in total. The van der Waals surface area contributed by atoms with Crippen molar-refractivity contribution in [2.24, 2.45) is 0 Å². The van der Waals surface area contributed by atoms with Crippen molar-refractivity contribution in [1.29, 1.82) is 0 Å². The first-order valence-electron chi connectivity index (χ1n) is 13.9. The molecule has 0 saturated heterocycles. The molecular weight excluding hydrogens is 553 g/mol. The molecule has 2 unspecified atom stereocenters. The molecule has 0 aliphatic rings. The summed E-state index contributed by atoms with van der Waals surface area (Å²) in [6.07, 6.45) is 0. The van der Waals surface area contributed by atoms with Gasteiger partial charge >= 0.3 is 0 Å². The van der Waals surface area contributed by atoms with Crippen molar-refractivity contribution < 1.29 is 9.47 Å². The average Bonchev–Trinajstić information content (AvgIpc) is 3.07. The third-order valence-electron chi connectivity index (χ3n) is 7.23. The zero-order chi connectivity index (χ0) is 28.7. The first kappa shape index (κ1) is 27.8. The Balaban J connectivity index is 1.41. The van der Waals surface area contributed by atoms with Crippen molar-refractivity contribution in [2.45, 2.75) is 29.4 Å². The predicted molar refractivity (Wildman–Crippen MR) is 178 cm³/mol. The number of methoxy groups -OCH3 is 2. The van der Waals surface area contributed by atoms with Crippen LogP contribution in [0.2, 0.25) is 0 Å². The Morgan fingerprint density at radius 3 is 1.02 bits per heavy atom. The Morgan fingerprint density at radius 1 is 0.333 bits per heavy atom. The van der Waals surface area contributed by atoms with Crippen molar-refractivity contribution in [1.82, 2.24) is 0 Å². The topological polar surface area (TPSA) is 18.5 Å². The summed E-state index contributed by atoms with van der Waals surface area (Å²) >= 11 is 0. The molecule has 2 atom stereocenters. The molecule has 0 aliphatic carbocycles. The van der Waals surface area contributed by atoms with Gasteiger partial charge < -0.3 is 9.47 Å². The van der Waals surface area contributed by atoms with Gasteiger partial charge in [-0.2, -0.15) is 21.8 Å². The summed E-state index contributed by atoms with van der Waals surface area (Å²) < 4.78 is 10.9. The van der Waals surface area contributed by atoms with Crippen LogP contribution in [0.1, 0.15) is 0 Å². The Morgan fingerprint density at radius 2 is 0.667 bits per heavy atom. The monoisotopic (exact) mass is 586 g/mol. The number of thiol groups is 2. The highest BCUT2D eigenvalue weighted by Crippen LogP contribution is 2.54. The van der Waals surface area contributed by atoms with Gasteiger partial charge in [0.1, 0.15) is 11.5 Å². The molecule has 0 heterocycles. The molecule has 0 saturated carbocycles. The highest BCUT2D eigenvalue weighted by Gasteiger charge is 2.16. The summed E-state index contributed by atoms with van der Waals surface area (Å²) in [5.41, 5.74) is 2.45. The number of ether oxygens (including phenoxy) is 2. The van der Waals surface area contributed by atoms with Gasteiger partial charge in [0, 0.05) is 0 Å². The van der Waals surface area contributed by atoms with Crippen molar-refractivity contribution in [3.05, 3.63) is 158 Å². The molecule has 0 amide bonds. The lowest BCUT2D eigenvalue weighted by Crippen LogP contribution is -1.91. The molecule has 0 spiro atoms. The average molecular weight is 587 g/mol. The van der Waals surface area contributed by atoms with E-state index in [2.05, 4.69) is 158 Å². The van der Waals surface area contributed by atoms with Crippen LogP contribution in [0.5, 0.6) is 11.5 Å². The largest absolute Gasteiger partial charge is 0.497 e. The van der Waals surface area contributed by atoms with E-state index in [1.807, 2.05) is 0 Å². The summed E-state index contributed by atoms with van der Waals surface area (Å²) in [4.78, 5) is 7.91. The number of benzene rings is 6. The fraction of sp³-hybridized carbons (Fsp3) is 0.0526. The van der Waals surface area contributed by atoms with Gasteiger partial charge in [-0.1, -0.05) is 60.7 Å². The van der Waals surface area contributed by atoms with E-state index in [4.69, 9.17) is 9.47 Å². The van der Waals surface area contributed by atoms with E-state index in [0.717, 1.165) is 11.5 Å². The summed E-state index contributed by atoms with van der Waals surface area (Å²) in [6, 6.07) is 56.8. The van der Waals surface area contributed by atoms with E-state index in [0.29, 0.717) is 0 Å². The quantitative estimate of drug-likeness (QED) is 0.164. The van der Waals surface area contributed by atoms with Crippen molar-refractivity contribution in [3.63, 3.8) is 0 Å². The molecule has 0 fully saturated rings. The van der Waals surface area contributed by atoms with E-state index in [9.17, 15) is 0 Å². The van der Waals surface area contributed by atoms with Crippen LogP contribution in [0.4, 0.5) is 0 Å². The second-order valence-corrected chi connectivity index (χ2v) is 14.3. The third-order valence-corrected chi connectivity index (χ3v) is 12.1. The molecule has 42 heavy (non-hydrogen) atoms. The lowest BCUT2D eigenvalue weighted by molar-refractivity contribution is 0.414. The van der Waals surface area contributed by atoms with Crippen LogP contribution in [-0.4, -0.2) is 14.2 Å². The Bertz CT molecular complexity index is 1600. The standard InChI is InChI=1S/C38H34O2S2/c1-39-31-19-23-35(24-20-31)41(33-13-5-3-6-14-33)37-17-9-11-29(27-37)30-12-10-18-38(28-30)42(34-15-7-4-8-16-34)36-25-21-32(40-2)22-26-36/h3-28,41-42H,1-2H3. The predicted octanol–water partition coefficient (Wildman–Crippen LogP) is 10.3. The molecule has 6 rings (SSSR count). The Labute approximate surface area is 254 Å². The molecule has 0 bridgehead atoms. The van der Waals surface area contributed by atoms with E-state index in [1.165, 1.54) is 40.5 Å². The van der Waals surface area contributed by atoms with Gasteiger partial charge in [0.25, 0.3) is 0 Å². The van der Waals surface area contributed by atoms with Crippen LogP contribution in [0.15, 0.2) is 187 Å². The highest BCUT2D eigenvalue weighted by molar-refractivity contribution is 8.17. The molecule has 0 aliphatic heterocycles. The second kappa shape index (κ2) is 13.1. The van der Waals surface area contributed by atoms with Crippen LogP contribution in [0.3, 0.4) is 0 Å². The van der Waals surface area contributed by atoms with Crippen molar-refractivity contribution in [2.75, 3.05) is 14.2 Å². The van der Waals surface area contributed by atoms with Crippen LogP contribution in [0.25, 0.3) is 11.1 Å². The number of hydrogen-bond donors (Lipinski definition) is 2. The fourth-order valence-corrected chi connectivity index (χ4v) is 9.79. The third kappa shape index (κ3) is 6.11. The molecule has 6 aromatic carbocycles. The van der Waals surface area contributed by atoms with Crippen molar-refractivity contribution in [3.8, 4) is 22.6 Å². The van der Waals surface area contributed by atoms with Gasteiger partial charge in [-0.3, -0.25) is 0 Å². The number of rotatable bonds is 9. The van der Waals surface area contributed by atoms with E-state index >= 15 is 0 Å². The summed E-state index contributed by atoms with van der Waals surface area (Å²) in [5.74, 6) is 1.75. The van der Waals surface area contributed by atoms with Crippen LogP contribution in [-0.2, 0) is 0 Å². The molecular formula is C38H34O2S2. The fourth-order valence-electron chi connectivity index (χ4n) is 5.16. The lowest BCUT2D eigenvalue weighted by Gasteiger charge is -2.25. The van der Waals surface area contributed by atoms with Gasteiger partial charge in [0.05, 0.1) is 14.2 Å². The minimum atomic E-state index is -0.731. The van der Waals surface area contributed by atoms with Gasteiger partial charge in [-0.05, 0) is 138 Å². The molecule has 2 nitrogen and oxygen atoms in total. The van der Waals surface area contributed by atoms with Crippen LogP contribution < -0.4 is 9.47 Å². The molecule has 210 valence electrons. The first-order chi connectivity index (χ1) is 20.7. The van der Waals surface area contributed by atoms with Crippen LogP contribution >= 0.6 is 21.8 Å². The second-order valence-electron chi connectivity index (χ2n) is 9.84. The van der Waals surface area contributed by atoms with Gasteiger partial charge in [0.2, 0.25) is 0 Å².